The molecule has 1 aromatic carbocycles. The molecule has 0 radical (unpaired) electrons. The van der Waals surface area contributed by atoms with E-state index in [2.05, 4.69) is 43.4 Å². The van der Waals surface area contributed by atoms with E-state index in [9.17, 15) is 5.11 Å². The Balaban J connectivity index is 1.76. The zero-order chi connectivity index (χ0) is 13.7. The molecule has 0 amide bonds. The number of aliphatic hydroxyl groups excluding tert-OH is 1. The summed E-state index contributed by atoms with van der Waals surface area (Å²) in [7, 11) is 0. The average Bonchev–Trinajstić information content (AvgIpc) is 2.84. The number of hydrogen-bond acceptors (Lipinski definition) is 2. The lowest BCUT2D eigenvalue weighted by molar-refractivity contribution is 0.199. The van der Waals surface area contributed by atoms with Gasteiger partial charge in [-0.3, -0.25) is 0 Å². The van der Waals surface area contributed by atoms with Crippen molar-refractivity contribution in [3.63, 3.8) is 0 Å². The summed E-state index contributed by atoms with van der Waals surface area (Å²) in [4.78, 5) is 0. The van der Waals surface area contributed by atoms with Crippen LogP contribution in [-0.2, 0) is 6.42 Å². The first kappa shape index (κ1) is 14.5. The summed E-state index contributed by atoms with van der Waals surface area (Å²) >= 11 is 0. The van der Waals surface area contributed by atoms with Gasteiger partial charge in [0.05, 0.1) is 0 Å². The lowest BCUT2D eigenvalue weighted by atomic mass is 10.0. The van der Waals surface area contributed by atoms with Gasteiger partial charge in [0.25, 0.3) is 0 Å². The van der Waals surface area contributed by atoms with Crippen molar-refractivity contribution >= 4 is 0 Å². The Bertz CT molecular complexity index is 391. The normalized spacial score (nSPS) is 24.6. The van der Waals surface area contributed by atoms with E-state index < -0.39 is 0 Å². The van der Waals surface area contributed by atoms with E-state index in [4.69, 9.17) is 0 Å². The van der Waals surface area contributed by atoms with Crippen LogP contribution in [0.4, 0.5) is 0 Å². The van der Waals surface area contributed by atoms with Crippen LogP contribution in [0.5, 0.6) is 0 Å². The van der Waals surface area contributed by atoms with Gasteiger partial charge in [-0.05, 0) is 51.0 Å². The molecule has 2 heteroatoms. The Morgan fingerprint density at radius 3 is 2.95 bits per heavy atom. The van der Waals surface area contributed by atoms with Crippen LogP contribution in [0.15, 0.2) is 24.3 Å². The highest BCUT2D eigenvalue weighted by Crippen LogP contribution is 2.25. The molecule has 19 heavy (non-hydrogen) atoms. The van der Waals surface area contributed by atoms with Crippen LogP contribution in [0.2, 0.25) is 0 Å². The summed E-state index contributed by atoms with van der Waals surface area (Å²) in [6.45, 7) is 4.75. The van der Waals surface area contributed by atoms with Gasteiger partial charge in [0.15, 0.2) is 0 Å². The van der Waals surface area contributed by atoms with Crippen LogP contribution < -0.4 is 5.32 Å². The van der Waals surface area contributed by atoms with E-state index >= 15 is 0 Å². The Labute approximate surface area is 117 Å². The van der Waals surface area contributed by atoms with Crippen LogP contribution in [0, 0.1) is 12.8 Å². The molecule has 0 bridgehead atoms. The Morgan fingerprint density at radius 2 is 2.21 bits per heavy atom. The van der Waals surface area contributed by atoms with Gasteiger partial charge < -0.3 is 10.4 Å². The molecule has 2 nitrogen and oxygen atoms in total. The Kier molecular flexibility index (Phi) is 5.41. The maximum atomic E-state index is 9.35. The summed E-state index contributed by atoms with van der Waals surface area (Å²) in [5.41, 5.74) is 2.77. The fourth-order valence-corrected chi connectivity index (χ4v) is 3.17. The van der Waals surface area contributed by atoms with Crippen LogP contribution in [-0.4, -0.2) is 23.8 Å². The van der Waals surface area contributed by atoms with Gasteiger partial charge >= 0.3 is 0 Å². The highest BCUT2D eigenvalue weighted by atomic mass is 16.3. The molecular weight excluding hydrogens is 234 g/mol. The minimum Gasteiger partial charge on any atom is -0.396 e. The fourth-order valence-electron chi connectivity index (χ4n) is 3.17. The van der Waals surface area contributed by atoms with Crippen LogP contribution in [0.25, 0.3) is 0 Å². The van der Waals surface area contributed by atoms with E-state index in [0.717, 1.165) is 12.8 Å². The zero-order valence-corrected chi connectivity index (χ0v) is 12.2. The summed E-state index contributed by atoms with van der Waals surface area (Å²) in [6, 6.07) is 9.83. The molecule has 1 aliphatic carbocycles. The summed E-state index contributed by atoms with van der Waals surface area (Å²) in [5.74, 6) is 0.474. The van der Waals surface area contributed by atoms with E-state index in [1.165, 1.54) is 30.4 Å². The predicted molar refractivity (Wildman–Crippen MR) is 80.3 cm³/mol. The third-order valence-electron chi connectivity index (χ3n) is 4.34. The number of benzene rings is 1. The van der Waals surface area contributed by atoms with E-state index in [-0.39, 0.29) is 0 Å². The van der Waals surface area contributed by atoms with Crippen molar-refractivity contribution in [2.24, 2.45) is 5.92 Å². The number of nitrogens with one attached hydrogen (secondary N) is 1. The van der Waals surface area contributed by atoms with E-state index in [0.29, 0.717) is 24.6 Å². The van der Waals surface area contributed by atoms with Crippen LogP contribution in [0.3, 0.4) is 0 Å². The Hall–Kier alpha value is -0.860. The maximum absolute atomic E-state index is 9.35. The van der Waals surface area contributed by atoms with Gasteiger partial charge in [0.2, 0.25) is 0 Å². The zero-order valence-electron chi connectivity index (χ0n) is 12.2. The van der Waals surface area contributed by atoms with Crippen molar-refractivity contribution in [2.45, 2.75) is 58.0 Å². The molecule has 106 valence electrons. The molecule has 0 saturated heterocycles. The smallest absolute Gasteiger partial charge is 0.0474 e. The lowest BCUT2D eigenvalue weighted by Crippen LogP contribution is -2.40. The molecular formula is C17H27NO. The minimum absolute atomic E-state index is 0.336. The second-order valence-corrected chi connectivity index (χ2v) is 6.08. The summed E-state index contributed by atoms with van der Waals surface area (Å²) in [5, 5.41) is 13.1. The molecule has 2 N–H and O–H groups in total. The van der Waals surface area contributed by atoms with E-state index in [1.807, 2.05) is 0 Å². The van der Waals surface area contributed by atoms with Gasteiger partial charge in [-0.15, -0.1) is 0 Å². The van der Waals surface area contributed by atoms with Gasteiger partial charge in [-0.25, -0.2) is 0 Å². The van der Waals surface area contributed by atoms with E-state index in [1.54, 1.807) is 0 Å². The van der Waals surface area contributed by atoms with Crippen molar-refractivity contribution < 1.29 is 5.11 Å². The number of rotatable bonds is 6. The van der Waals surface area contributed by atoms with Crippen molar-refractivity contribution in [1.29, 1.82) is 0 Å². The van der Waals surface area contributed by atoms with Crippen molar-refractivity contribution in [3.05, 3.63) is 35.4 Å². The largest absolute Gasteiger partial charge is 0.396 e. The highest BCUT2D eigenvalue weighted by molar-refractivity contribution is 5.22. The van der Waals surface area contributed by atoms with Gasteiger partial charge in [-0.2, -0.15) is 0 Å². The standard InChI is InChI=1S/C17H27NO/c1-13-5-3-6-15(11-13)10-9-14(2)18-17-8-4-7-16(17)12-19/h3,5-6,11,14,16-19H,4,7-10,12H2,1-2H3. The van der Waals surface area contributed by atoms with Gasteiger partial charge in [0.1, 0.15) is 0 Å². The first-order valence-electron chi connectivity index (χ1n) is 7.61. The molecule has 2 rings (SSSR count). The monoisotopic (exact) mass is 261 g/mol. The van der Waals surface area contributed by atoms with Crippen molar-refractivity contribution in [1.82, 2.24) is 5.32 Å². The minimum atomic E-state index is 0.336. The molecule has 0 heterocycles. The predicted octanol–water partition coefficient (Wildman–Crippen LogP) is 3.07. The highest BCUT2D eigenvalue weighted by Gasteiger charge is 2.27. The fraction of sp³-hybridized carbons (Fsp3) is 0.647. The first-order chi connectivity index (χ1) is 9.19. The maximum Gasteiger partial charge on any atom is 0.0474 e. The quantitative estimate of drug-likeness (QED) is 0.825. The van der Waals surface area contributed by atoms with Crippen LogP contribution >= 0.6 is 0 Å². The number of hydrogen-bond donors (Lipinski definition) is 2. The molecule has 1 fully saturated rings. The molecule has 0 spiro atoms. The molecule has 0 aromatic heterocycles. The molecule has 3 atom stereocenters. The molecule has 1 aromatic rings. The molecule has 1 aliphatic rings. The topological polar surface area (TPSA) is 32.3 Å². The average molecular weight is 261 g/mol. The summed E-state index contributed by atoms with van der Waals surface area (Å²) in [6.07, 6.45) is 5.96. The number of aliphatic hydroxyl groups is 1. The van der Waals surface area contributed by atoms with Gasteiger partial charge in [-0.1, -0.05) is 36.2 Å². The molecule has 0 aliphatic heterocycles. The number of aryl methyl sites for hydroxylation is 2. The molecule has 3 unspecified atom stereocenters. The second kappa shape index (κ2) is 7.06. The molecule has 1 saturated carbocycles. The summed E-state index contributed by atoms with van der Waals surface area (Å²) < 4.78 is 0. The lowest BCUT2D eigenvalue weighted by Gasteiger charge is -2.24. The second-order valence-electron chi connectivity index (χ2n) is 6.08. The van der Waals surface area contributed by atoms with Crippen molar-refractivity contribution in [3.8, 4) is 0 Å². The Morgan fingerprint density at radius 1 is 1.37 bits per heavy atom. The van der Waals surface area contributed by atoms with Crippen LogP contribution in [0.1, 0.15) is 43.7 Å². The third-order valence-corrected chi connectivity index (χ3v) is 4.34. The van der Waals surface area contributed by atoms with Gasteiger partial charge in [0, 0.05) is 18.7 Å². The SMILES string of the molecule is Cc1cccc(CCC(C)NC2CCCC2CO)c1. The first-order valence-corrected chi connectivity index (χ1v) is 7.61. The van der Waals surface area contributed by atoms with Crippen molar-refractivity contribution in [2.75, 3.05) is 6.61 Å². The third kappa shape index (κ3) is 4.32.